The molecule has 0 aliphatic carbocycles. The Hall–Kier alpha value is -1.32. The van der Waals surface area contributed by atoms with E-state index in [0.29, 0.717) is 6.54 Å². The second kappa shape index (κ2) is 5.14. The first-order valence-electron chi connectivity index (χ1n) is 5.31. The van der Waals surface area contributed by atoms with Crippen LogP contribution in [0.5, 0.6) is 0 Å². The van der Waals surface area contributed by atoms with Gasteiger partial charge in [0.15, 0.2) is 0 Å². The number of nitrogens with zero attached hydrogens (tertiary/aromatic N) is 1. The molecule has 16 heavy (non-hydrogen) atoms. The van der Waals surface area contributed by atoms with Gasteiger partial charge in [-0.05, 0) is 40.1 Å². The first kappa shape index (κ1) is 11.2. The van der Waals surface area contributed by atoms with Crippen molar-refractivity contribution in [3.8, 4) is 0 Å². The van der Waals surface area contributed by atoms with Crippen molar-refractivity contribution >= 4 is 17.0 Å². The Labute approximate surface area is 100 Å². The molecule has 2 N–H and O–H groups in total. The fourth-order valence-corrected chi connectivity index (χ4v) is 2.33. The van der Waals surface area contributed by atoms with Crippen LogP contribution >= 0.6 is 11.3 Å². The number of benzene rings is 1. The molecule has 0 unspecified atom stereocenters. The van der Waals surface area contributed by atoms with E-state index in [2.05, 4.69) is 53.0 Å². The fraction of sp³-hybridized carbons (Fsp3) is 0.231. The molecule has 0 saturated heterocycles. The molecule has 0 fully saturated rings. The summed E-state index contributed by atoms with van der Waals surface area (Å²) in [6, 6.07) is 10.5. The number of nitrogens with two attached hydrogens (primary N) is 1. The van der Waals surface area contributed by atoms with Crippen LogP contribution in [0.15, 0.2) is 41.1 Å². The van der Waals surface area contributed by atoms with Gasteiger partial charge in [0.2, 0.25) is 0 Å². The standard InChI is InChI=1S/C13H16N2S/c1-15(9-12-5-6-16-10-12)13-4-2-3-11(7-13)8-14/h2-7,10H,8-9,14H2,1H3. The van der Waals surface area contributed by atoms with Gasteiger partial charge in [0.1, 0.15) is 0 Å². The molecule has 0 saturated carbocycles. The van der Waals surface area contributed by atoms with Crippen molar-refractivity contribution in [1.82, 2.24) is 0 Å². The minimum atomic E-state index is 0.597. The molecule has 2 rings (SSSR count). The summed E-state index contributed by atoms with van der Waals surface area (Å²) in [7, 11) is 2.10. The Bertz CT molecular complexity index is 437. The lowest BCUT2D eigenvalue weighted by atomic mass is 10.2. The molecule has 0 amide bonds. The second-order valence-corrected chi connectivity index (χ2v) is 4.64. The van der Waals surface area contributed by atoms with Crippen LogP contribution in [0.4, 0.5) is 5.69 Å². The van der Waals surface area contributed by atoms with E-state index in [1.54, 1.807) is 11.3 Å². The molecule has 2 aromatic rings. The monoisotopic (exact) mass is 232 g/mol. The maximum absolute atomic E-state index is 5.64. The summed E-state index contributed by atoms with van der Waals surface area (Å²) in [5.41, 5.74) is 9.38. The maximum atomic E-state index is 5.64. The van der Waals surface area contributed by atoms with E-state index >= 15 is 0 Å². The van der Waals surface area contributed by atoms with E-state index in [9.17, 15) is 0 Å². The molecule has 0 atom stereocenters. The summed E-state index contributed by atoms with van der Waals surface area (Å²) < 4.78 is 0. The molecule has 1 heterocycles. The van der Waals surface area contributed by atoms with Gasteiger partial charge in [-0.2, -0.15) is 11.3 Å². The van der Waals surface area contributed by atoms with Gasteiger partial charge in [0.05, 0.1) is 0 Å². The number of hydrogen-bond donors (Lipinski definition) is 1. The molecule has 0 bridgehead atoms. The highest BCUT2D eigenvalue weighted by Gasteiger charge is 2.02. The van der Waals surface area contributed by atoms with Gasteiger partial charge in [0, 0.05) is 25.8 Å². The first-order valence-corrected chi connectivity index (χ1v) is 6.25. The number of anilines is 1. The summed E-state index contributed by atoms with van der Waals surface area (Å²) >= 11 is 1.74. The maximum Gasteiger partial charge on any atom is 0.0434 e. The van der Waals surface area contributed by atoms with Crippen molar-refractivity contribution in [2.24, 2.45) is 5.73 Å². The Morgan fingerprint density at radius 2 is 2.12 bits per heavy atom. The highest BCUT2D eigenvalue weighted by molar-refractivity contribution is 7.07. The van der Waals surface area contributed by atoms with Crippen LogP contribution in [-0.2, 0) is 13.1 Å². The summed E-state index contributed by atoms with van der Waals surface area (Å²) in [6.45, 7) is 1.54. The predicted molar refractivity (Wildman–Crippen MR) is 70.8 cm³/mol. The quantitative estimate of drug-likeness (QED) is 0.878. The molecule has 1 aromatic heterocycles. The van der Waals surface area contributed by atoms with E-state index in [0.717, 1.165) is 6.54 Å². The van der Waals surface area contributed by atoms with Crippen LogP contribution in [0.1, 0.15) is 11.1 Å². The van der Waals surface area contributed by atoms with E-state index in [-0.39, 0.29) is 0 Å². The third-order valence-electron chi connectivity index (χ3n) is 2.59. The third-order valence-corrected chi connectivity index (χ3v) is 3.32. The molecule has 1 aromatic carbocycles. The Kier molecular flexibility index (Phi) is 3.59. The Morgan fingerprint density at radius 3 is 2.81 bits per heavy atom. The van der Waals surface area contributed by atoms with Gasteiger partial charge in [-0.1, -0.05) is 12.1 Å². The van der Waals surface area contributed by atoms with Gasteiger partial charge in [-0.25, -0.2) is 0 Å². The number of thiophene rings is 1. The lowest BCUT2D eigenvalue weighted by Crippen LogP contribution is -2.16. The number of hydrogen-bond acceptors (Lipinski definition) is 3. The Morgan fingerprint density at radius 1 is 1.25 bits per heavy atom. The largest absolute Gasteiger partial charge is 0.370 e. The lowest BCUT2D eigenvalue weighted by molar-refractivity contribution is 0.923. The van der Waals surface area contributed by atoms with Gasteiger partial charge in [-0.3, -0.25) is 0 Å². The van der Waals surface area contributed by atoms with Gasteiger partial charge in [-0.15, -0.1) is 0 Å². The van der Waals surface area contributed by atoms with E-state index in [4.69, 9.17) is 5.73 Å². The topological polar surface area (TPSA) is 29.3 Å². The molecule has 0 aliphatic rings. The van der Waals surface area contributed by atoms with Crippen molar-refractivity contribution in [3.63, 3.8) is 0 Å². The molecule has 84 valence electrons. The van der Waals surface area contributed by atoms with E-state index < -0.39 is 0 Å². The zero-order valence-electron chi connectivity index (χ0n) is 9.39. The van der Waals surface area contributed by atoms with Crippen molar-refractivity contribution in [2.75, 3.05) is 11.9 Å². The molecule has 2 nitrogen and oxygen atoms in total. The molecule has 0 aliphatic heterocycles. The smallest absolute Gasteiger partial charge is 0.0434 e. The summed E-state index contributed by atoms with van der Waals surface area (Å²) in [5, 5.41) is 4.29. The summed E-state index contributed by atoms with van der Waals surface area (Å²) in [5.74, 6) is 0. The zero-order chi connectivity index (χ0) is 11.4. The second-order valence-electron chi connectivity index (χ2n) is 3.86. The minimum absolute atomic E-state index is 0.597. The molecular formula is C13H16N2S. The van der Waals surface area contributed by atoms with Crippen molar-refractivity contribution < 1.29 is 0 Å². The normalized spacial score (nSPS) is 10.4. The molecule has 0 radical (unpaired) electrons. The third kappa shape index (κ3) is 2.62. The zero-order valence-corrected chi connectivity index (χ0v) is 10.2. The van der Waals surface area contributed by atoms with Gasteiger partial charge >= 0.3 is 0 Å². The predicted octanol–water partition coefficient (Wildman–Crippen LogP) is 2.84. The molecule has 3 heteroatoms. The van der Waals surface area contributed by atoms with Crippen molar-refractivity contribution in [2.45, 2.75) is 13.1 Å². The van der Waals surface area contributed by atoms with Crippen LogP contribution in [-0.4, -0.2) is 7.05 Å². The SMILES string of the molecule is CN(Cc1ccsc1)c1cccc(CN)c1. The van der Waals surface area contributed by atoms with E-state index in [1.807, 2.05) is 0 Å². The summed E-state index contributed by atoms with van der Waals surface area (Å²) in [6.07, 6.45) is 0. The van der Waals surface area contributed by atoms with Crippen molar-refractivity contribution in [1.29, 1.82) is 0 Å². The Balaban J connectivity index is 2.11. The van der Waals surface area contributed by atoms with Crippen LogP contribution in [0.3, 0.4) is 0 Å². The average molecular weight is 232 g/mol. The van der Waals surface area contributed by atoms with Crippen LogP contribution in [0.25, 0.3) is 0 Å². The van der Waals surface area contributed by atoms with Gasteiger partial charge in [0.25, 0.3) is 0 Å². The highest BCUT2D eigenvalue weighted by atomic mass is 32.1. The number of rotatable bonds is 4. The fourth-order valence-electron chi connectivity index (χ4n) is 1.67. The molecular weight excluding hydrogens is 216 g/mol. The molecule has 0 spiro atoms. The van der Waals surface area contributed by atoms with Crippen LogP contribution in [0, 0.1) is 0 Å². The average Bonchev–Trinajstić information content (AvgIpc) is 2.82. The first-order chi connectivity index (χ1) is 7.79. The minimum Gasteiger partial charge on any atom is -0.370 e. The highest BCUT2D eigenvalue weighted by Crippen LogP contribution is 2.18. The van der Waals surface area contributed by atoms with Gasteiger partial charge < -0.3 is 10.6 Å². The van der Waals surface area contributed by atoms with E-state index in [1.165, 1.54) is 16.8 Å². The van der Waals surface area contributed by atoms with Crippen molar-refractivity contribution in [3.05, 3.63) is 52.2 Å². The lowest BCUT2D eigenvalue weighted by Gasteiger charge is -2.19. The van der Waals surface area contributed by atoms with Crippen LogP contribution < -0.4 is 10.6 Å². The van der Waals surface area contributed by atoms with Crippen LogP contribution in [0.2, 0.25) is 0 Å². The summed E-state index contributed by atoms with van der Waals surface area (Å²) in [4.78, 5) is 2.24.